The van der Waals surface area contributed by atoms with Crippen molar-refractivity contribution in [3.8, 4) is 11.1 Å². The zero-order valence-electron chi connectivity index (χ0n) is 16.7. The van der Waals surface area contributed by atoms with E-state index in [4.69, 9.17) is 4.74 Å². The quantitative estimate of drug-likeness (QED) is 0.741. The summed E-state index contributed by atoms with van der Waals surface area (Å²) in [6, 6.07) is 15.9. The molecule has 1 fully saturated rings. The first-order valence-corrected chi connectivity index (χ1v) is 10.2. The van der Waals surface area contributed by atoms with Crippen LogP contribution in [0.1, 0.15) is 43.2 Å². The van der Waals surface area contributed by atoms with Crippen LogP contribution in [0.25, 0.3) is 11.1 Å². The molecule has 2 aliphatic carbocycles. The molecule has 2 aromatic rings. The lowest BCUT2D eigenvalue weighted by Gasteiger charge is -2.35. The molecule has 4 rings (SSSR count). The number of carbonyl (C=O) groups excluding carboxylic acids is 3. The Bertz CT molecular complexity index is 928. The number of hydrogen-bond donors (Lipinski definition) is 2. The average Bonchev–Trinajstić information content (AvgIpc) is 3.07. The molecule has 2 unspecified atom stereocenters. The molecule has 2 aromatic carbocycles. The van der Waals surface area contributed by atoms with Crippen LogP contribution in [0.4, 0.5) is 4.79 Å². The van der Waals surface area contributed by atoms with E-state index in [0.29, 0.717) is 12.8 Å². The maximum Gasteiger partial charge on any atom is 0.407 e. The number of ether oxygens (including phenoxy) is 1. The van der Waals surface area contributed by atoms with E-state index in [0.717, 1.165) is 11.1 Å². The van der Waals surface area contributed by atoms with Crippen LogP contribution in [0, 0.1) is 5.92 Å². The maximum atomic E-state index is 12.4. The summed E-state index contributed by atoms with van der Waals surface area (Å²) in [5.41, 5.74) is 6.78. The monoisotopic (exact) mass is 408 g/mol. The Hall–Kier alpha value is -3.35. The van der Waals surface area contributed by atoms with Gasteiger partial charge in [0.1, 0.15) is 6.61 Å². The molecule has 30 heavy (non-hydrogen) atoms. The normalized spacial score (nSPS) is 19.1. The van der Waals surface area contributed by atoms with Crippen molar-refractivity contribution in [3.63, 3.8) is 0 Å². The summed E-state index contributed by atoms with van der Waals surface area (Å²) < 4.78 is 5.52. The van der Waals surface area contributed by atoms with Crippen LogP contribution in [0.2, 0.25) is 0 Å². The molecule has 7 nitrogen and oxygen atoms in total. The Morgan fingerprint density at radius 1 is 0.967 bits per heavy atom. The van der Waals surface area contributed by atoms with E-state index in [2.05, 4.69) is 39.9 Å². The number of hydroxylamine groups is 1. The molecule has 0 radical (unpaired) electrons. The Morgan fingerprint density at radius 2 is 1.60 bits per heavy atom. The number of hydrogen-bond acceptors (Lipinski definition) is 5. The first-order valence-electron chi connectivity index (χ1n) is 10.2. The summed E-state index contributed by atoms with van der Waals surface area (Å²) in [6.07, 6.45) is 0.908. The third kappa shape index (κ3) is 3.87. The number of carbonyl (C=O) groups is 3. The summed E-state index contributed by atoms with van der Waals surface area (Å²) in [6.45, 7) is 1.86. The fourth-order valence-corrected chi connectivity index (χ4v) is 4.03. The van der Waals surface area contributed by atoms with Crippen LogP contribution in [0.3, 0.4) is 0 Å². The van der Waals surface area contributed by atoms with Gasteiger partial charge in [-0.25, -0.2) is 9.59 Å². The molecule has 2 amide bonds. The molecule has 0 aromatic heterocycles. The Balaban J connectivity index is 1.32. The fraction of sp³-hybridized carbons (Fsp3) is 0.348. The lowest BCUT2D eigenvalue weighted by Crippen LogP contribution is -2.53. The Morgan fingerprint density at radius 3 is 2.17 bits per heavy atom. The lowest BCUT2D eigenvalue weighted by molar-refractivity contribution is -0.161. The molecule has 2 atom stereocenters. The SMILES string of the molecule is CCC(=O)ONC(=O)C1CCC1NC(=O)OCC1c2ccccc2-c2ccccc21. The van der Waals surface area contributed by atoms with E-state index in [1.165, 1.54) is 11.1 Å². The van der Waals surface area contributed by atoms with Crippen molar-refractivity contribution in [3.05, 3.63) is 59.7 Å². The first kappa shape index (κ1) is 19.9. The Kier molecular flexibility index (Phi) is 5.70. The van der Waals surface area contributed by atoms with Gasteiger partial charge in [0.25, 0.3) is 5.91 Å². The predicted molar refractivity (Wildman–Crippen MR) is 109 cm³/mol. The van der Waals surface area contributed by atoms with Gasteiger partial charge in [-0.1, -0.05) is 55.5 Å². The summed E-state index contributed by atoms with van der Waals surface area (Å²) in [5.74, 6) is -1.37. The van der Waals surface area contributed by atoms with Crippen molar-refractivity contribution in [1.82, 2.24) is 10.8 Å². The summed E-state index contributed by atoms with van der Waals surface area (Å²) >= 11 is 0. The molecule has 2 N–H and O–H groups in total. The van der Waals surface area contributed by atoms with Crippen LogP contribution in [0.15, 0.2) is 48.5 Å². The Labute approximate surface area is 174 Å². The molecule has 1 saturated carbocycles. The third-order valence-electron chi connectivity index (χ3n) is 5.81. The highest BCUT2D eigenvalue weighted by atomic mass is 16.7. The number of benzene rings is 2. The largest absolute Gasteiger partial charge is 0.449 e. The zero-order valence-corrected chi connectivity index (χ0v) is 16.7. The summed E-state index contributed by atoms with van der Waals surface area (Å²) in [7, 11) is 0. The molecule has 0 bridgehead atoms. The first-order chi connectivity index (χ1) is 14.6. The van der Waals surface area contributed by atoms with Crippen LogP contribution in [-0.4, -0.2) is 30.6 Å². The van der Waals surface area contributed by atoms with Crippen molar-refractivity contribution < 1.29 is 24.0 Å². The van der Waals surface area contributed by atoms with Gasteiger partial charge < -0.3 is 14.9 Å². The van der Waals surface area contributed by atoms with Crippen molar-refractivity contribution in [2.75, 3.05) is 6.61 Å². The van der Waals surface area contributed by atoms with Crippen molar-refractivity contribution in [2.45, 2.75) is 38.1 Å². The number of alkyl carbamates (subject to hydrolysis) is 1. The van der Waals surface area contributed by atoms with Gasteiger partial charge in [-0.3, -0.25) is 4.79 Å². The molecule has 0 aliphatic heterocycles. The number of rotatable bonds is 5. The average molecular weight is 408 g/mol. The lowest BCUT2D eigenvalue weighted by atomic mass is 9.79. The second kappa shape index (κ2) is 8.57. The van der Waals surface area contributed by atoms with Gasteiger partial charge in [0.15, 0.2) is 0 Å². The van der Waals surface area contributed by atoms with Gasteiger partial charge in [-0.05, 0) is 35.1 Å². The van der Waals surface area contributed by atoms with Crippen molar-refractivity contribution in [1.29, 1.82) is 0 Å². The van der Waals surface area contributed by atoms with Crippen LogP contribution >= 0.6 is 0 Å². The smallest absolute Gasteiger partial charge is 0.407 e. The molecule has 7 heteroatoms. The minimum Gasteiger partial charge on any atom is -0.449 e. The van der Waals surface area contributed by atoms with Gasteiger partial charge in [-0.15, -0.1) is 0 Å². The number of amides is 2. The molecule has 0 heterocycles. The number of nitrogens with one attached hydrogen (secondary N) is 2. The van der Waals surface area contributed by atoms with Crippen LogP contribution < -0.4 is 10.8 Å². The van der Waals surface area contributed by atoms with Gasteiger partial charge in [0.05, 0.1) is 5.92 Å². The third-order valence-corrected chi connectivity index (χ3v) is 5.81. The topological polar surface area (TPSA) is 93.7 Å². The van der Waals surface area contributed by atoms with Gasteiger partial charge in [0, 0.05) is 18.4 Å². The standard InChI is InChI=1S/C23H24N2O5/c1-2-21(26)30-25-22(27)18-11-12-20(18)24-23(28)29-13-19-16-9-5-3-7-14(16)15-8-4-6-10-17(15)19/h3-10,18-20H,2,11-13H2,1H3,(H,24,28)(H,25,27). The van der Waals surface area contributed by atoms with Crippen molar-refractivity contribution in [2.24, 2.45) is 5.92 Å². The van der Waals surface area contributed by atoms with Crippen LogP contribution in [0.5, 0.6) is 0 Å². The number of fused-ring (bicyclic) bond motifs is 3. The van der Waals surface area contributed by atoms with Crippen molar-refractivity contribution >= 4 is 18.0 Å². The zero-order chi connectivity index (χ0) is 21.1. The van der Waals surface area contributed by atoms with E-state index >= 15 is 0 Å². The van der Waals surface area contributed by atoms with E-state index in [-0.39, 0.29) is 25.0 Å². The molecule has 0 saturated heterocycles. The van der Waals surface area contributed by atoms with Crippen LogP contribution in [-0.2, 0) is 19.2 Å². The van der Waals surface area contributed by atoms with Gasteiger partial charge in [0.2, 0.25) is 0 Å². The van der Waals surface area contributed by atoms with E-state index < -0.39 is 23.9 Å². The molecule has 0 spiro atoms. The highest BCUT2D eigenvalue weighted by Gasteiger charge is 2.39. The fourth-order valence-electron chi connectivity index (χ4n) is 4.03. The second-order valence-corrected chi connectivity index (χ2v) is 7.55. The molecular weight excluding hydrogens is 384 g/mol. The van der Waals surface area contributed by atoms with Gasteiger partial charge >= 0.3 is 12.1 Å². The maximum absolute atomic E-state index is 12.4. The highest BCUT2D eigenvalue weighted by molar-refractivity contribution is 5.82. The summed E-state index contributed by atoms with van der Waals surface area (Å²) in [5, 5.41) is 2.76. The second-order valence-electron chi connectivity index (χ2n) is 7.55. The van der Waals surface area contributed by atoms with E-state index in [9.17, 15) is 14.4 Å². The molecule has 2 aliphatic rings. The highest BCUT2D eigenvalue weighted by Crippen LogP contribution is 2.44. The minimum atomic E-state index is -0.551. The minimum absolute atomic E-state index is 0.0166. The molecule has 156 valence electrons. The van der Waals surface area contributed by atoms with Gasteiger partial charge in [-0.2, -0.15) is 5.48 Å². The molecular formula is C23H24N2O5. The van der Waals surface area contributed by atoms with E-state index in [1.54, 1.807) is 6.92 Å². The predicted octanol–water partition coefficient (Wildman–Crippen LogP) is 3.29. The summed E-state index contributed by atoms with van der Waals surface area (Å²) in [4.78, 5) is 40.3. The van der Waals surface area contributed by atoms with E-state index in [1.807, 2.05) is 24.3 Å².